The van der Waals surface area contributed by atoms with E-state index in [1.165, 1.54) is 0 Å². The summed E-state index contributed by atoms with van der Waals surface area (Å²) in [6.07, 6.45) is 1.14. The van der Waals surface area contributed by atoms with Crippen LogP contribution in [-0.2, 0) is 11.3 Å². The molecule has 2 rings (SSSR count). The van der Waals surface area contributed by atoms with Crippen LogP contribution in [0.3, 0.4) is 0 Å². The maximum Gasteiger partial charge on any atom is 0.151 e. The molecule has 0 amide bonds. The summed E-state index contributed by atoms with van der Waals surface area (Å²) in [5.74, 6) is 0.949. The second kappa shape index (κ2) is 6.66. The predicted octanol–water partition coefficient (Wildman–Crippen LogP) is 1.20. The summed E-state index contributed by atoms with van der Waals surface area (Å²) in [6, 6.07) is 4.47. The third-order valence-electron chi connectivity index (χ3n) is 3.10. The standard InChI is InChI=1S/C13H22N4O/c1-3-6-14-9-12-4-5-13(16-15-12)17-7-8-18-10-11(17)2/h4-5,11,14H,3,6-10H2,1-2H3. The Morgan fingerprint density at radius 3 is 3.00 bits per heavy atom. The second-order valence-electron chi connectivity index (χ2n) is 4.68. The van der Waals surface area contributed by atoms with Gasteiger partial charge in [0.25, 0.3) is 0 Å². The topological polar surface area (TPSA) is 50.3 Å². The van der Waals surface area contributed by atoms with Crippen molar-refractivity contribution in [1.29, 1.82) is 0 Å². The highest BCUT2D eigenvalue weighted by atomic mass is 16.5. The van der Waals surface area contributed by atoms with Crippen LogP contribution in [-0.4, -0.2) is 42.5 Å². The van der Waals surface area contributed by atoms with E-state index in [1.54, 1.807) is 0 Å². The van der Waals surface area contributed by atoms with E-state index < -0.39 is 0 Å². The van der Waals surface area contributed by atoms with Crippen LogP contribution in [0, 0.1) is 0 Å². The number of ether oxygens (including phenoxy) is 1. The van der Waals surface area contributed by atoms with E-state index in [2.05, 4.69) is 40.3 Å². The predicted molar refractivity (Wildman–Crippen MR) is 71.7 cm³/mol. The van der Waals surface area contributed by atoms with Crippen LogP contribution in [0.4, 0.5) is 5.82 Å². The lowest BCUT2D eigenvalue weighted by Crippen LogP contribution is -2.44. The highest BCUT2D eigenvalue weighted by molar-refractivity contribution is 5.39. The van der Waals surface area contributed by atoms with Gasteiger partial charge in [0.1, 0.15) is 0 Å². The summed E-state index contributed by atoms with van der Waals surface area (Å²) in [7, 11) is 0. The Morgan fingerprint density at radius 1 is 1.44 bits per heavy atom. The summed E-state index contributed by atoms with van der Waals surface area (Å²) >= 11 is 0. The Morgan fingerprint density at radius 2 is 2.33 bits per heavy atom. The average molecular weight is 250 g/mol. The van der Waals surface area contributed by atoms with Crippen LogP contribution in [0.2, 0.25) is 0 Å². The largest absolute Gasteiger partial charge is 0.377 e. The van der Waals surface area contributed by atoms with Crippen LogP contribution in [0.25, 0.3) is 0 Å². The minimum absolute atomic E-state index is 0.372. The van der Waals surface area contributed by atoms with Gasteiger partial charge in [-0.1, -0.05) is 6.92 Å². The molecule has 0 spiro atoms. The molecule has 1 unspecified atom stereocenters. The smallest absolute Gasteiger partial charge is 0.151 e. The van der Waals surface area contributed by atoms with E-state index >= 15 is 0 Å². The number of aromatic nitrogens is 2. The molecule has 1 aromatic heterocycles. The first-order valence-electron chi connectivity index (χ1n) is 6.69. The summed E-state index contributed by atoms with van der Waals surface area (Å²) in [5.41, 5.74) is 0.994. The summed E-state index contributed by atoms with van der Waals surface area (Å²) in [6.45, 7) is 8.54. The van der Waals surface area contributed by atoms with Crippen LogP contribution < -0.4 is 10.2 Å². The van der Waals surface area contributed by atoms with Gasteiger partial charge >= 0.3 is 0 Å². The quantitative estimate of drug-likeness (QED) is 0.796. The fourth-order valence-electron chi connectivity index (χ4n) is 2.06. The Hall–Kier alpha value is -1.20. The van der Waals surface area contributed by atoms with Crippen LogP contribution >= 0.6 is 0 Å². The van der Waals surface area contributed by atoms with Gasteiger partial charge in [-0.25, -0.2) is 0 Å². The first-order chi connectivity index (χ1) is 8.81. The average Bonchev–Trinajstić information content (AvgIpc) is 2.41. The first kappa shape index (κ1) is 13.2. The molecule has 5 nitrogen and oxygen atoms in total. The Kier molecular flexibility index (Phi) is 4.90. The minimum Gasteiger partial charge on any atom is -0.377 e. The summed E-state index contributed by atoms with van der Waals surface area (Å²) in [4.78, 5) is 2.25. The molecule has 5 heteroatoms. The number of hydrogen-bond donors (Lipinski definition) is 1. The van der Waals surface area contributed by atoms with E-state index in [-0.39, 0.29) is 0 Å². The highest BCUT2D eigenvalue weighted by Gasteiger charge is 2.20. The zero-order chi connectivity index (χ0) is 12.8. The van der Waals surface area contributed by atoms with E-state index in [4.69, 9.17) is 4.74 Å². The Bertz CT molecular complexity index is 355. The molecular formula is C13H22N4O. The van der Waals surface area contributed by atoms with Crippen molar-refractivity contribution in [2.45, 2.75) is 32.9 Å². The van der Waals surface area contributed by atoms with Crippen molar-refractivity contribution in [2.24, 2.45) is 0 Å². The molecule has 100 valence electrons. The SMILES string of the molecule is CCCNCc1ccc(N2CCOCC2C)nn1. The Balaban J connectivity index is 1.94. The van der Waals surface area contributed by atoms with Gasteiger partial charge in [0.2, 0.25) is 0 Å². The number of rotatable bonds is 5. The van der Waals surface area contributed by atoms with Gasteiger partial charge in [0.15, 0.2) is 5.82 Å². The lowest BCUT2D eigenvalue weighted by Gasteiger charge is -2.33. The molecular weight excluding hydrogens is 228 g/mol. The monoisotopic (exact) mass is 250 g/mol. The fraction of sp³-hybridized carbons (Fsp3) is 0.692. The molecule has 2 heterocycles. The normalized spacial score (nSPS) is 20.1. The van der Waals surface area contributed by atoms with Gasteiger partial charge in [-0.15, -0.1) is 5.10 Å². The van der Waals surface area contributed by atoms with Gasteiger partial charge in [0, 0.05) is 13.1 Å². The van der Waals surface area contributed by atoms with Crippen molar-refractivity contribution in [3.05, 3.63) is 17.8 Å². The third kappa shape index (κ3) is 3.40. The number of anilines is 1. The molecule has 0 bridgehead atoms. The van der Waals surface area contributed by atoms with Crippen molar-refractivity contribution < 1.29 is 4.74 Å². The minimum atomic E-state index is 0.372. The molecule has 1 fully saturated rings. The van der Waals surface area contributed by atoms with Gasteiger partial charge in [0.05, 0.1) is 24.9 Å². The van der Waals surface area contributed by atoms with Crippen molar-refractivity contribution >= 4 is 5.82 Å². The Labute approximate surface area is 109 Å². The molecule has 0 aliphatic carbocycles. The summed E-state index contributed by atoms with van der Waals surface area (Å²) in [5, 5.41) is 11.9. The van der Waals surface area contributed by atoms with Crippen molar-refractivity contribution in [2.75, 3.05) is 31.2 Å². The molecule has 1 aromatic rings. The van der Waals surface area contributed by atoms with Gasteiger partial charge < -0.3 is 15.0 Å². The third-order valence-corrected chi connectivity index (χ3v) is 3.10. The zero-order valence-corrected chi connectivity index (χ0v) is 11.2. The molecule has 1 atom stereocenters. The van der Waals surface area contributed by atoms with Crippen LogP contribution in [0.1, 0.15) is 26.0 Å². The van der Waals surface area contributed by atoms with Gasteiger partial charge in [-0.3, -0.25) is 0 Å². The van der Waals surface area contributed by atoms with Crippen molar-refractivity contribution in [3.8, 4) is 0 Å². The van der Waals surface area contributed by atoms with Crippen molar-refractivity contribution in [1.82, 2.24) is 15.5 Å². The van der Waals surface area contributed by atoms with Gasteiger partial charge in [-0.05, 0) is 32.0 Å². The van der Waals surface area contributed by atoms with Crippen LogP contribution in [0.5, 0.6) is 0 Å². The zero-order valence-electron chi connectivity index (χ0n) is 11.2. The maximum atomic E-state index is 5.42. The first-order valence-corrected chi connectivity index (χ1v) is 6.69. The number of nitrogens with one attached hydrogen (secondary N) is 1. The molecule has 0 aromatic carbocycles. The fourth-order valence-corrected chi connectivity index (χ4v) is 2.06. The number of hydrogen-bond acceptors (Lipinski definition) is 5. The molecule has 1 aliphatic rings. The van der Waals surface area contributed by atoms with E-state index in [9.17, 15) is 0 Å². The molecule has 0 radical (unpaired) electrons. The van der Waals surface area contributed by atoms with Gasteiger partial charge in [-0.2, -0.15) is 5.10 Å². The molecule has 1 saturated heterocycles. The summed E-state index contributed by atoms with van der Waals surface area (Å²) < 4.78 is 5.42. The van der Waals surface area contributed by atoms with E-state index in [0.29, 0.717) is 6.04 Å². The molecule has 1 N–H and O–H groups in total. The number of nitrogens with zero attached hydrogens (tertiary/aromatic N) is 3. The number of morpholine rings is 1. The highest BCUT2D eigenvalue weighted by Crippen LogP contribution is 2.16. The molecule has 18 heavy (non-hydrogen) atoms. The molecule has 0 saturated carbocycles. The van der Waals surface area contributed by atoms with Crippen LogP contribution in [0.15, 0.2) is 12.1 Å². The van der Waals surface area contributed by atoms with E-state index in [1.807, 2.05) is 6.07 Å². The van der Waals surface area contributed by atoms with Crippen molar-refractivity contribution in [3.63, 3.8) is 0 Å². The second-order valence-corrected chi connectivity index (χ2v) is 4.68. The maximum absolute atomic E-state index is 5.42. The van der Waals surface area contributed by atoms with E-state index in [0.717, 1.165) is 50.8 Å². The lowest BCUT2D eigenvalue weighted by atomic mass is 10.2. The molecule has 1 aliphatic heterocycles. The lowest BCUT2D eigenvalue weighted by molar-refractivity contribution is 0.0984.